The third-order valence-corrected chi connectivity index (χ3v) is 4.10. The lowest BCUT2D eigenvalue weighted by atomic mass is 10.1. The van der Waals surface area contributed by atoms with Crippen LogP contribution in [0.25, 0.3) is 0 Å². The summed E-state index contributed by atoms with van der Waals surface area (Å²) in [5.41, 5.74) is 1.42. The maximum absolute atomic E-state index is 11.9. The summed E-state index contributed by atoms with van der Waals surface area (Å²) in [4.78, 5) is 35.3. The van der Waals surface area contributed by atoms with Crippen LogP contribution in [0.4, 0.5) is 10.5 Å². The van der Waals surface area contributed by atoms with Crippen molar-refractivity contribution in [2.45, 2.75) is 19.4 Å². The van der Waals surface area contributed by atoms with E-state index in [1.165, 1.54) is 0 Å². The van der Waals surface area contributed by atoms with Crippen LogP contribution in [0.15, 0.2) is 54.6 Å². The number of nitrogens with one attached hydrogen (secondary N) is 3. The molecule has 0 unspecified atom stereocenters. The summed E-state index contributed by atoms with van der Waals surface area (Å²) >= 11 is 6.09. The molecular formula is C20H22ClN3O4. The molecule has 0 bridgehead atoms. The van der Waals surface area contributed by atoms with Crippen LogP contribution in [0.2, 0.25) is 5.02 Å². The lowest BCUT2D eigenvalue weighted by molar-refractivity contribution is -0.148. The van der Waals surface area contributed by atoms with Gasteiger partial charge < -0.3 is 20.7 Å². The van der Waals surface area contributed by atoms with Crippen LogP contribution >= 0.6 is 11.6 Å². The summed E-state index contributed by atoms with van der Waals surface area (Å²) in [6.07, 6.45) is -0.0461. The van der Waals surface area contributed by atoms with Crippen LogP contribution < -0.4 is 16.0 Å². The van der Waals surface area contributed by atoms with Crippen molar-refractivity contribution in [1.82, 2.24) is 10.6 Å². The molecule has 0 heterocycles. The van der Waals surface area contributed by atoms with E-state index < -0.39 is 24.5 Å². The van der Waals surface area contributed by atoms with Crippen LogP contribution in [0.5, 0.6) is 0 Å². The van der Waals surface area contributed by atoms with Crippen LogP contribution in [0, 0.1) is 0 Å². The fourth-order valence-corrected chi connectivity index (χ4v) is 2.68. The Kier molecular flexibility index (Phi) is 8.30. The standard InChI is InChI=1S/C20H22ClN3O4/c1-14(16-9-5-6-10-17(16)21)23-18(25)13-28-19(26)11-12-22-20(27)24-15-7-3-2-4-8-15/h2-10,14H,11-13H2,1H3,(H,23,25)(H2,22,24,27)/t14-/m0/s1. The number of hydrogen-bond acceptors (Lipinski definition) is 4. The largest absolute Gasteiger partial charge is 0.456 e. The molecule has 0 aromatic heterocycles. The van der Waals surface area contributed by atoms with Gasteiger partial charge in [-0.05, 0) is 30.7 Å². The van der Waals surface area contributed by atoms with E-state index in [0.717, 1.165) is 5.56 Å². The second-order valence-electron chi connectivity index (χ2n) is 5.97. The van der Waals surface area contributed by atoms with E-state index in [4.69, 9.17) is 16.3 Å². The third-order valence-electron chi connectivity index (χ3n) is 3.76. The highest BCUT2D eigenvalue weighted by Crippen LogP contribution is 2.21. The van der Waals surface area contributed by atoms with E-state index in [1.807, 2.05) is 18.2 Å². The van der Waals surface area contributed by atoms with E-state index in [0.29, 0.717) is 10.7 Å². The van der Waals surface area contributed by atoms with Gasteiger partial charge in [0.25, 0.3) is 5.91 Å². The summed E-state index contributed by atoms with van der Waals surface area (Å²) in [5.74, 6) is -1.02. The number of halogens is 1. The van der Waals surface area contributed by atoms with Gasteiger partial charge in [-0.2, -0.15) is 0 Å². The minimum absolute atomic E-state index is 0.0461. The highest BCUT2D eigenvalue weighted by Gasteiger charge is 2.14. The van der Waals surface area contributed by atoms with E-state index >= 15 is 0 Å². The quantitative estimate of drug-likeness (QED) is 0.589. The maximum atomic E-state index is 11.9. The minimum Gasteiger partial charge on any atom is -0.456 e. The van der Waals surface area contributed by atoms with Crippen molar-refractivity contribution >= 4 is 35.2 Å². The molecule has 1 atom stereocenters. The average molecular weight is 404 g/mol. The van der Waals surface area contributed by atoms with Gasteiger partial charge in [0.15, 0.2) is 6.61 Å². The molecule has 3 amide bonds. The Morgan fingerprint density at radius 2 is 1.71 bits per heavy atom. The highest BCUT2D eigenvalue weighted by atomic mass is 35.5. The Bertz CT molecular complexity index is 814. The van der Waals surface area contributed by atoms with Crippen molar-refractivity contribution in [2.24, 2.45) is 0 Å². The smallest absolute Gasteiger partial charge is 0.319 e. The average Bonchev–Trinajstić information content (AvgIpc) is 2.67. The molecule has 0 aliphatic carbocycles. The molecule has 0 fully saturated rings. The lowest BCUT2D eigenvalue weighted by Crippen LogP contribution is -2.33. The van der Waals surface area contributed by atoms with Crippen molar-refractivity contribution in [3.63, 3.8) is 0 Å². The molecular weight excluding hydrogens is 382 g/mol. The molecule has 148 valence electrons. The van der Waals surface area contributed by atoms with Gasteiger partial charge in [-0.1, -0.05) is 48.0 Å². The van der Waals surface area contributed by atoms with E-state index in [2.05, 4.69) is 16.0 Å². The molecule has 0 saturated heterocycles. The summed E-state index contributed by atoms with van der Waals surface area (Å²) in [5, 5.41) is 8.44. The molecule has 0 aliphatic heterocycles. The number of esters is 1. The molecule has 0 aliphatic rings. The Hall–Kier alpha value is -3.06. The number of rotatable bonds is 8. The van der Waals surface area contributed by atoms with Crippen LogP contribution in [0.1, 0.15) is 24.9 Å². The van der Waals surface area contributed by atoms with E-state index in [9.17, 15) is 14.4 Å². The fraction of sp³-hybridized carbons (Fsp3) is 0.250. The first-order chi connectivity index (χ1) is 13.5. The number of anilines is 1. The van der Waals surface area contributed by atoms with Gasteiger partial charge in [0, 0.05) is 17.3 Å². The zero-order valence-corrected chi connectivity index (χ0v) is 16.2. The predicted octanol–water partition coefficient (Wildman–Crippen LogP) is 3.27. The Morgan fingerprint density at radius 3 is 2.43 bits per heavy atom. The second kappa shape index (κ2) is 10.9. The summed E-state index contributed by atoms with van der Waals surface area (Å²) < 4.78 is 4.92. The predicted molar refractivity (Wildman–Crippen MR) is 107 cm³/mol. The summed E-state index contributed by atoms with van der Waals surface area (Å²) in [6.45, 7) is 1.48. The van der Waals surface area contributed by atoms with E-state index in [-0.39, 0.29) is 19.0 Å². The van der Waals surface area contributed by atoms with Gasteiger partial charge >= 0.3 is 12.0 Å². The maximum Gasteiger partial charge on any atom is 0.319 e. The van der Waals surface area contributed by atoms with Gasteiger partial charge in [0.05, 0.1) is 12.5 Å². The van der Waals surface area contributed by atoms with Crippen LogP contribution in [-0.4, -0.2) is 31.1 Å². The lowest BCUT2D eigenvalue weighted by Gasteiger charge is -2.15. The minimum atomic E-state index is -0.583. The summed E-state index contributed by atoms with van der Waals surface area (Å²) in [6, 6.07) is 15.4. The molecule has 0 radical (unpaired) electrons. The van der Waals surface area contributed by atoms with Gasteiger partial charge in [-0.3, -0.25) is 9.59 Å². The molecule has 28 heavy (non-hydrogen) atoms. The summed E-state index contributed by atoms with van der Waals surface area (Å²) in [7, 11) is 0. The fourth-order valence-electron chi connectivity index (χ4n) is 2.38. The number of hydrogen-bond donors (Lipinski definition) is 3. The number of carbonyl (C=O) groups is 3. The SMILES string of the molecule is C[C@H](NC(=O)COC(=O)CCNC(=O)Nc1ccccc1)c1ccccc1Cl. The molecule has 2 rings (SSSR count). The highest BCUT2D eigenvalue weighted by molar-refractivity contribution is 6.31. The Morgan fingerprint density at radius 1 is 1.04 bits per heavy atom. The Labute approximate surface area is 168 Å². The first-order valence-corrected chi connectivity index (χ1v) is 9.13. The topological polar surface area (TPSA) is 96.5 Å². The zero-order chi connectivity index (χ0) is 20.4. The zero-order valence-electron chi connectivity index (χ0n) is 15.4. The molecule has 7 nitrogen and oxygen atoms in total. The van der Waals surface area contributed by atoms with Crippen molar-refractivity contribution in [1.29, 1.82) is 0 Å². The first-order valence-electron chi connectivity index (χ1n) is 8.75. The van der Waals surface area contributed by atoms with Crippen LogP contribution in [-0.2, 0) is 14.3 Å². The van der Waals surface area contributed by atoms with Crippen molar-refractivity contribution < 1.29 is 19.1 Å². The molecule has 3 N–H and O–H groups in total. The van der Waals surface area contributed by atoms with Crippen molar-refractivity contribution in [3.8, 4) is 0 Å². The molecule has 2 aromatic carbocycles. The number of carbonyl (C=O) groups excluding carboxylic acids is 3. The number of amides is 3. The molecule has 2 aromatic rings. The van der Waals surface area contributed by atoms with Crippen molar-refractivity contribution in [3.05, 3.63) is 65.2 Å². The molecule has 0 spiro atoms. The van der Waals surface area contributed by atoms with Crippen LogP contribution in [0.3, 0.4) is 0 Å². The second-order valence-corrected chi connectivity index (χ2v) is 6.38. The monoisotopic (exact) mass is 403 g/mol. The van der Waals surface area contributed by atoms with Gasteiger partial charge in [-0.25, -0.2) is 4.79 Å². The number of urea groups is 1. The van der Waals surface area contributed by atoms with Gasteiger partial charge in [0.1, 0.15) is 0 Å². The molecule has 8 heteroatoms. The molecule has 0 saturated carbocycles. The Balaban J connectivity index is 1.63. The number of ether oxygens (including phenoxy) is 1. The normalized spacial score (nSPS) is 11.2. The number of para-hydroxylation sites is 1. The van der Waals surface area contributed by atoms with E-state index in [1.54, 1.807) is 43.3 Å². The first kappa shape index (κ1) is 21.2. The van der Waals surface area contributed by atoms with Gasteiger partial charge in [-0.15, -0.1) is 0 Å². The number of benzene rings is 2. The third kappa shape index (κ3) is 7.28. The van der Waals surface area contributed by atoms with Gasteiger partial charge in [0.2, 0.25) is 0 Å². The van der Waals surface area contributed by atoms with Crippen molar-refractivity contribution in [2.75, 3.05) is 18.5 Å².